The molecular weight excluding hydrogens is 258 g/mol. The molecule has 1 aliphatic carbocycles. The van der Waals surface area contributed by atoms with Crippen LogP contribution < -0.4 is 10.6 Å². The molecule has 1 fully saturated rings. The fourth-order valence-corrected chi connectivity index (χ4v) is 2.90. The van der Waals surface area contributed by atoms with Gasteiger partial charge in [-0.1, -0.05) is 12.2 Å². The number of aliphatic hydroxyl groups excluding tert-OH is 1. The van der Waals surface area contributed by atoms with Crippen LogP contribution in [-0.2, 0) is 0 Å². The van der Waals surface area contributed by atoms with Crippen LogP contribution >= 0.6 is 12.2 Å². The number of pyridine rings is 1. The Morgan fingerprint density at radius 1 is 1.53 bits per heavy atom. The van der Waals surface area contributed by atoms with Crippen LogP contribution in [-0.4, -0.2) is 34.3 Å². The number of nitrogens with two attached hydrogens (primary N) is 1. The molecule has 2 rings (SSSR count). The predicted molar refractivity (Wildman–Crippen MR) is 81.7 cm³/mol. The maximum Gasteiger partial charge on any atom is 0.107 e. The summed E-state index contributed by atoms with van der Waals surface area (Å²) < 4.78 is 0. The van der Waals surface area contributed by atoms with Gasteiger partial charge < -0.3 is 15.7 Å². The lowest BCUT2D eigenvalue weighted by Crippen LogP contribution is -2.43. The third-order valence-electron chi connectivity index (χ3n) is 3.72. The number of aromatic nitrogens is 1. The van der Waals surface area contributed by atoms with Crippen molar-refractivity contribution in [3.8, 4) is 0 Å². The molecule has 104 valence electrons. The molecule has 1 aromatic heterocycles. The Morgan fingerprint density at radius 2 is 2.21 bits per heavy atom. The zero-order valence-electron chi connectivity index (χ0n) is 11.5. The molecule has 0 atom stereocenters. The highest BCUT2D eigenvalue weighted by Crippen LogP contribution is 2.32. The van der Waals surface area contributed by atoms with Gasteiger partial charge in [0.1, 0.15) is 4.99 Å². The van der Waals surface area contributed by atoms with Crippen molar-refractivity contribution >= 4 is 22.9 Å². The van der Waals surface area contributed by atoms with Crippen molar-refractivity contribution < 1.29 is 5.11 Å². The normalized spacial score (nSPS) is 15.1. The zero-order valence-corrected chi connectivity index (χ0v) is 12.3. The highest BCUT2D eigenvalue weighted by atomic mass is 32.1. The van der Waals surface area contributed by atoms with E-state index in [4.69, 9.17) is 18.0 Å². The van der Waals surface area contributed by atoms with E-state index in [2.05, 4.69) is 9.88 Å². The number of aliphatic hydroxyl groups is 1. The van der Waals surface area contributed by atoms with Crippen molar-refractivity contribution in [2.75, 3.05) is 18.1 Å². The zero-order chi connectivity index (χ0) is 14.0. The predicted octanol–water partition coefficient (Wildman–Crippen LogP) is 1.68. The van der Waals surface area contributed by atoms with Crippen molar-refractivity contribution in [1.29, 1.82) is 0 Å². The van der Waals surface area contributed by atoms with Gasteiger partial charge in [0.15, 0.2) is 0 Å². The number of anilines is 1. The summed E-state index contributed by atoms with van der Waals surface area (Å²) in [5.41, 5.74) is 9.55. The van der Waals surface area contributed by atoms with Crippen LogP contribution in [0.4, 0.5) is 5.69 Å². The van der Waals surface area contributed by atoms with Crippen LogP contribution in [0.3, 0.4) is 0 Å². The fourth-order valence-electron chi connectivity index (χ4n) is 2.64. The number of hydrogen-bond acceptors (Lipinski definition) is 4. The van der Waals surface area contributed by atoms with Crippen LogP contribution in [0, 0.1) is 13.8 Å². The first-order valence-corrected chi connectivity index (χ1v) is 7.11. The number of rotatable bonds is 5. The molecule has 1 aromatic rings. The molecule has 1 saturated carbocycles. The summed E-state index contributed by atoms with van der Waals surface area (Å²) in [5, 5.41) is 9.31. The average molecular weight is 279 g/mol. The lowest BCUT2D eigenvalue weighted by atomic mass is 9.90. The second kappa shape index (κ2) is 5.84. The molecule has 3 N–H and O–H groups in total. The molecule has 0 bridgehead atoms. The number of hydrogen-bond donors (Lipinski definition) is 2. The maximum absolute atomic E-state index is 9.31. The third-order valence-corrected chi connectivity index (χ3v) is 3.92. The summed E-state index contributed by atoms with van der Waals surface area (Å²) in [6.45, 7) is 4.65. The van der Waals surface area contributed by atoms with Gasteiger partial charge in [-0.25, -0.2) is 0 Å². The Labute approximate surface area is 119 Å². The molecule has 5 heteroatoms. The maximum atomic E-state index is 9.31. The minimum absolute atomic E-state index is 0.133. The molecule has 4 nitrogen and oxygen atoms in total. The minimum atomic E-state index is 0.133. The molecule has 1 aliphatic rings. The van der Waals surface area contributed by atoms with E-state index in [1.54, 1.807) is 0 Å². The van der Waals surface area contributed by atoms with Gasteiger partial charge in [0.25, 0.3) is 0 Å². The Hall–Kier alpha value is -1.20. The van der Waals surface area contributed by atoms with Gasteiger partial charge in [-0.2, -0.15) is 0 Å². The smallest absolute Gasteiger partial charge is 0.107 e. The Balaban J connectivity index is 2.47. The van der Waals surface area contributed by atoms with Crippen LogP contribution in [0.2, 0.25) is 0 Å². The molecule has 0 aromatic carbocycles. The van der Waals surface area contributed by atoms with Crippen molar-refractivity contribution in [1.82, 2.24) is 4.98 Å². The summed E-state index contributed by atoms with van der Waals surface area (Å²) in [5.74, 6) is 0. The Bertz CT molecular complexity index is 486. The number of thiocarbonyl (C=S) groups is 1. The van der Waals surface area contributed by atoms with Gasteiger partial charge in [-0.15, -0.1) is 0 Å². The second-order valence-corrected chi connectivity index (χ2v) is 5.55. The van der Waals surface area contributed by atoms with Crippen LogP contribution in [0.15, 0.2) is 6.07 Å². The van der Waals surface area contributed by atoms with E-state index in [1.807, 2.05) is 19.9 Å². The third kappa shape index (κ3) is 2.87. The summed E-state index contributed by atoms with van der Waals surface area (Å²) in [6, 6.07) is 2.51. The monoisotopic (exact) mass is 279 g/mol. The van der Waals surface area contributed by atoms with E-state index >= 15 is 0 Å². The molecule has 0 unspecified atom stereocenters. The van der Waals surface area contributed by atoms with Gasteiger partial charge in [-0.05, 0) is 39.2 Å². The molecule has 0 spiro atoms. The number of nitrogens with zero attached hydrogens (tertiary/aromatic N) is 2. The quantitative estimate of drug-likeness (QED) is 0.803. The largest absolute Gasteiger partial charge is 0.395 e. The summed E-state index contributed by atoms with van der Waals surface area (Å²) in [6.07, 6.45) is 3.58. The van der Waals surface area contributed by atoms with E-state index < -0.39 is 0 Å². The molecular formula is C14H21N3OS. The first-order chi connectivity index (χ1) is 9.04. The van der Waals surface area contributed by atoms with Crippen LogP contribution in [0.1, 0.15) is 36.2 Å². The van der Waals surface area contributed by atoms with E-state index in [0.717, 1.165) is 35.5 Å². The van der Waals surface area contributed by atoms with Gasteiger partial charge in [-0.3, -0.25) is 4.98 Å². The Morgan fingerprint density at radius 3 is 2.68 bits per heavy atom. The lowest BCUT2D eigenvalue weighted by molar-refractivity contribution is 0.283. The van der Waals surface area contributed by atoms with E-state index in [1.165, 1.54) is 6.42 Å². The van der Waals surface area contributed by atoms with E-state index in [0.29, 0.717) is 17.6 Å². The lowest BCUT2D eigenvalue weighted by Gasteiger charge is -2.40. The Kier molecular flexibility index (Phi) is 4.37. The molecule has 0 radical (unpaired) electrons. The molecule has 1 heterocycles. The molecule has 0 saturated heterocycles. The van der Waals surface area contributed by atoms with Crippen LogP contribution in [0.5, 0.6) is 0 Å². The standard InChI is InChI=1S/C14H21N3OS/c1-9-8-12(13(14(15)19)10(2)16-9)17(6-7-18)11-4-3-5-11/h8,11,18H,3-7H2,1-2H3,(H2,15,19). The topological polar surface area (TPSA) is 62.4 Å². The van der Waals surface area contributed by atoms with Crippen molar-refractivity contribution in [3.63, 3.8) is 0 Å². The number of aryl methyl sites for hydroxylation is 2. The first kappa shape index (κ1) is 14.2. The SMILES string of the molecule is Cc1cc(N(CCO)C2CCC2)c(C(N)=S)c(C)n1. The summed E-state index contributed by atoms with van der Waals surface area (Å²) in [4.78, 5) is 7.06. The summed E-state index contributed by atoms with van der Waals surface area (Å²) >= 11 is 5.17. The molecule has 0 amide bonds. The van der Waals surface area contributed by atoms with E-state index in [9.17, 15) is 5.11 Å². The van der Waals surface area contributed by atoms with E-state index in [-0.39, 0.29) is 6.61 Å². The fraction of sp³-hybridized carbons (Fsp3) is 0.571. The van der Waals surface area contributed by atoms with Gasteiger partial charge in [0.05, 0.1) is 17.9 Å². The highest BCUT2D eigenvalue weighted by molar-refractivity contribution is 7.80. The molecule has 19 heavy (non-hydrogen) atoms. The molecule has 0 aliphatic heterocycles. The first-order valence-electron chi connectivity index (χ1n) is 6.70. The minimum Gasteiger partial charge on any atom is -0.395 e. The van der Waals surface area contributed by atoms with Crippen molar-refractivity contribution in [2.24, 2.45) is 5.73 Å². The second-order valence-electron chi connectivity index (χ2n) is 5.11. The summed E-state index contributed by atoms with van der Waals surface area (Å²) in [7, 11) is 0. The average Bonchev–Trinajstić information content (AvgIpc) is 2.24. The van der Waals surface area contributed by atoms with Crippen LogP contribution in [0.25, 0.3) is 0 Å². The van der Waals surface area contributed by atoms with Crippen molar-refractivity contribution in [3.05, 3.63) is 23.0 Å². The van der Waals surface area contributed by atoms with Gasteiger partial charge in [0.2, 0.25) is 0 Å². The van der Waals surface area contributed by atoms with Crippen molar-refractivity contribution in [2.45, 2.75) is 39.2 Å². The van der Waals surface area contributed by atoms with Gasteiger partial charge in [0, 0.05) is 24.0 Å². The van der Waals surface area contributed by atoms with Gasteiger partial charge >= 0.3 is 0 Å². The highest BCUT2D eigenvalue weighted by Gasteiger charge is 2.27.